The second-order valence-electron chi connectivity index (χ2n) is 7.57. The van der Waals surface area contributed by atoms with Crippen LogP contribution in [0, 0.1) is 0 Å². The summed E-state index contributed by atoms with van der Waals surface area (Å²) in [4.78, 5) is 34.6. The van der Waals surface area contributed by atoms with E-state index in [1.54, 1.807) is 6.07 Å². The fraction of sp³-hybridized carbons (Fsp3) is 0.381. The van der Waals surface area contributed by atoms with Gasteiger partial charge in [0.05, 0.1) is 11.0 Å². The van der Waals surface area contributed by atoms with E-state index in [4.69, 9.17) is 0 Å². The zero-order chi connectivity index (χ0) is 18.4. The number of benzene rings is 1. The summed E-state index contributed by atoms with van der Waals surface area (Å²) in [5, 5.41) is 0. The van der Waals surface area contributed by atoms with Crippen molar-refractivity contribution in [2.75, 3.05) is 6.54 Å². The number of nitrogens with one attached hydrogen (secondary N) is 1. The molecule has 1 fully saturated rings. The number of para-hydroxylation sites is 2. The lowest BCUT2D eigenvalue weighted by Gasteiger charge is -2.29. The van der Waals surface area contributed by atoms with E-state index in [9.17, 15) is 9.59 Å². The molecule has 1 aromatic carbocycles. The first-order chi connectivity index (χ1) is 13.2. The fourth-order valence-electron chi connectivity index (χ4n) is 3.90. The molecule has 2 aromatic heterocycles. The van der Waals surface area contributed by atoms with Gasteiger partial charge in [0.1, 0.15) is 5.82 Å². The molecule has 0 bridgehead atoms. The van der Waals surface area contributed by atoms with E-state index in [0.29, 0.717) is 32.0 Å². The van der Waals surface area contributed by atoms with Crippen LogP contribution in [0.3, 0.4) is 0 Å². The second kappa shape index (κ2) is 6.37. The van der Waals surface area contributed by atoms with E-state index in [1.807, 2.05) is 39.9 Å². The molecule has 0 spiro atoms. The van der Waals surface area contributed by atoms with Gasteiger partial charge in [0, 0.05) is 44.2 Å². The van der Waals surface area contributed by atoms with Crippen LogP contribution in [0.15, 0.2) is 41.3 Å². The number of hydrogen-bond donors (Lipinski definition) is 1. The van der Waals surface area contributed by atoms with Crippen LogP contribution in [-0.2, 0) is 24.2 Å². The van der Waals surface area contributed by atoms with Gasteiger partial charge < -0.3 is 14.5 Å². The predicted octanol–water partition coefficient (Wildman–Crippen LogP) is 2.58. The minimum Gasteiger partial charge on any atom is -0.342 e. The Labute approximate surface area is 156 Å². The molecular formula is C21H22N4O2. The summed E-state index contributed by atoms with van der Waals surface area (Å²) < 4.78 is 1.85. The van der Waals surface area contributed by atoms with E-state index in [1.165, 1.54) is 0 Å². The maximum absolute atomic E-state index is 12.7. The Balaban J connectivity index is 1.27. The summed E-state index contributed by atoms with van der Waals surface area (Å²) in [6.45, 7) is 1.28. The van der Waals surface area contributed by atoms with Crippen molar-refractivity contribution in [2.24, 2.45) is 0 Å². The van der Waals surface area contributed by atoms with Gasteiger partial charge in [0.15, 0.2) is 0 Å². The van der Waals surface area contributed by atoms with Crippen LogP contribution >= 0.6 is 0 Å². The number of pyridine rings is 1. The number of aryl methyl sites for hydroxylation is 1. The van der Waals surface area contributed by atoms with Crippen molar-refractivity contribution in [2.45, 2.75) is 44.7 Å². The number of aromatic nitrogens is 3. The molecule has 1 aliphatic heterocycles. The molecule has 0 atom stereocenters. The van der Waals surface area contributed by atoms with Crippen LogP contribution in [0.4, 0.5) is 0 Å². The number of rotatable bonds is 4. The third kappa shape index (κ3) is 3.16. The minimum atomic E-state index is 0.0981. The predicted molar refractivity (Wildman–Crippen MR) is 103 cm³/mol. The molecule has 27 heavy (non-hydrogen) atoms. The Bertz CT molecular complexity index is 1040. The minimum absolute atomic E-state index is 0.0981. The van der Waals surface area contributed by atoms with Gasteiger partial charge in [0.25, 0.3) is 5.56 Å². The highest BCUT2D eigenvalue weighted by atomic mass is 16.2. The smallest absolute Gasteiger partial charge is 0.251 e. The first-order valence-corrected chi connectivity index (χ1v) is 9.63. The SMILES string of the molecule is O=C(CCc1nc2ccccc2[nH]1)N1CCc2cc(=O)n(C3CC3)cc2C1. The van der Waals surface area contributed by atoms with Crippen molar-refractivity contribution in [3.8, 4) is 0 Å². The van der Waals surface area contributed by atoms with Crippen molar-refractivity contribution in [1.29, 1.82) is 0 Å². The molecule has 6 nitrogen and oxygen atoms in total. The molecule has 6 heteroatoms. The normalized spacial score (nSPS) is 16.5. The molecule has 2 aliphatic rings. The maximum Gasteiger partial charge on any atom is 0.251 e. The molecule has 5 rings (SSSR count). The van der Waals surface area contributed by atoms with Crippen LogP contribution < -0.4 is 5.56 Å². The first kappa shape index (κ1) is 16.3. The van der Waals surface area contributed by atoms with Crippen molar-refractivity contribution < 1.29 is 4.79 Å². The third-order valence-electron chi connectivity index (χ3n) is 5.58. The lowest BCUT2D eigenvalue weighted by molar-refractivity contribution is -0.132. The lowest BCUT2D eigenvalue weighted by atomic mass is 10.0. The van der Waals surface area contributed by atoms with Gasteiger partial charge in [0.2, 0.25) is 5.91 Å². The summed E-state index contributed by atoms with van der Waals surface area (Å²) in [6, 6.07) is 10.0. The first-order valence-electron chi connectivity index (χ1n) is 9.63. The number of fused-ring (bicyclic) bond motifs is 2. The average molecular weight is 362 g/mol. The van der Waals surface area contributed by atoms with Crippen LogP contribution in [0.1, 0.15) is 42.3 Å². The third-order valence-corrected chi connectivity index (χ3v) is 5.58. The molecule has 3 aromatic rings. The number of imidazole rings is 1. The molecule has 0 saturated heterocycles. The Kier molecular flexibility index (Phi) is 3.85. The highest BCUT2D eigenvalue weighted by Gasteiger charge is 2.27. The molecule has 1 amide bonds. The zero-order valence-electron chi connectivity index (χ0n) is 15.1. The number of carbonyl (C=O) groups is 1. The molecular weight excluding hydrogens is 340 g/mol. The fourth-order valence-corrected chi connectivity index (χ4v) is 3.90. The average Bonchev–Trinajstić information content (AvgIpc) is 3.43. The molecule has 0 radical (unpaired) electrons. The van der Waals surface area contributed by atoms with Crippen molar-refractivity contribution in [1.82, 2.24) is 19.4 Å². The van der Waals surface area contributed by atoms with Crippen molar-refractivity contribution >= 4 is 16.9 Å². The van der Waals surface area contributed by atoms with Gasteiger partial charge in [-0.05, 0) is 42.5 Å². The quantitative estimate of drug-likeness (QED) is 0.775. The van der Waals surface area contributed by atoms with Crippen LogP contribution in [0.25, 0.3) is 11.0 Å². The lowest BCUT2D eigenvalue weighted by Crippen LogP contribution is -2.37. The van der Waals surface area contributed by atoms with Crippen LogP contribution in [0.5, 0.6) is 0 Å². The molecule has 0 unspecified atom stereocenters. The molecule has 3 heterocycles. The number of aromatic amines is 1. The van der Waals surface area contributed by atoms with E-state index in [2.05, 4.69) is 9.97 Å². The Morgan fingerprint density at radius 1 is 1.22 bits per heavy atom. The standard InChI is InChI=1S/C21H22N4O2/c26-20(8-7-19-22-17-3-1-2-4-18(17)23-19)24-10-9-14-11-21(27)25(16-5-6-16)13-15(14)12-24/h1-4,11,13,16H,5-10,12H2,(H,22,23). The number of amides is 1. The molecule has 1 aliphatic carbocycles. The summed E-state index contributed by atoms with van der Waals surface area (Å²) in [5.74, 6) is 0.995. The van der Waals surface area contributed by atoms with Crippen molar-refractivity contribution in [3.63, 3.8) is 0 Å². The van der Waals surface area contributed by atoms with Gasteiger partial charge in [-0.2, -0.15) is 0 Å². The van der Waals surface area contributed by atoms with Gasteiger partial charge >= 0.3 is 0 Å². The monoisotopic (exact) mass is 362 g/mol. The highest BCUT2D eigenvalue weighted by Crippen LogP contribution is 2.34. The summed E-state index contributed by atoms with van der Waals surface area (Å²) in [6.07, 6.45) is 5.95. The number of H-pyrrole nitrogens is 1. The number of carbonyl (C=O) groups excluding carboxylic acids is 1. The largest absolute Gasteiger partial charge is 0.342 e. The topological polar surface area (TPSA) is 71.0 Å². The zero-order valence-corrected chi connectivity index (χ0v) is 15.1. The Morgan fingerprint density at radius 2 is 2.07 bits per heavy atom. The summed E-state index contributed by atoms with van der Waals surface area (Å²) in [7, 11) is 0. The highest BCUT2D eigenvalue weighted by molar-refractivity contribution is 5.77. The summed E-state index contributed by atoms with van der Waals surface area (Å²) in [5.41, 5.74) is 4.25. The van der Waals surface area contributed by atoms with E-state index >= 15 is 0 Å². The number of hydrogen-bond acceptors (Lipinski definition) is 3. The van der Waals surface area contributed by atoms with Crippen LogP contribution in [0.2, 0.25) is 0 Å². The molecule has 1 N–H and O–H groups in total. The molecule has 1 saturated carbocycles. The van der Waals surface area contributed by atoms with E-state index in [-0.39, 0.29) is 11.5 Å². The Morgan fingerprint density at radius 3 is 2.89 bits per heavy atom. The van der Waals surface area contributed by atoms with Crippen LogP contribution in [-0.4, -0.2) is 31.9 Å². The van der Waals surface area contributed by atoms with Gasteiger partial charge in [-0.15, -0.1) is 0 Å². The van der Waals surface area contributed by atoms with Gasteiger partial charge in [-0.1, -0.05) is 12.1 Å². The maximum atomic E-state index is 12.7. The van der Waals surface area contributed by atoms with Crippen molar-refractivity contribution in [3.05, 3.63) is 63.8 Å². The van der Waals surface area contributed by atoms with Gasteiger partial charge in [-0.3, -0.25) is 9.59 Å². The Hall–Kier alpha value is -2.89. The second-order valence-corrected chi connectivity index (χ2v) is 7.57. The summed E-state index contributed by atoms with van der Waals surface area (Å²) >= 11 is 0. The van der Waals surface area contributed by atoms with E-state index in [0.717, 1.165) is 47.2 Å². The molecule has 138 valence electrons. The van der Waals surface area contributed by atoms with Gasteiger partial charge in [-0.25, -0.2) is 4.98 Å². The number of nitrogens with zero attached hydrogens (tertiary/aromatic N) is 3. The van der Waals surface area contributed by atoms with E-state index < -0.39 is 0 Å².